The summed E-state index contributed by atoms with van der Waals surface area (Å²) in [6, 6.07) is 0. The molecule has 0 aromatic heterocycles. The van der Waals surface area contributed by atoms with E-state index in [0.717, 1.165) is 12.1 Å². The maximum Gasteiger partial charge on any atom is 0.215 e. The van der Waals surface area contributed by atoms with E-state index in [4.69, 9.17) is 5.73 Å². The number of hydrogen-bond donors (Lipinski definition) is 1. The van der Waals surface area contributed by atoms with Crippen molar-refractivity contribution < 1.29 is 0 Å². The lowest BCUT2D eigenvalue weighted by molar-refractivity contribution is 0.537. The van der Waals surface area contributed by atoms with Gasteiger partial charge in [-0.15, -0.1) is 0 Å². The molecule has 0 aromatic carbocycles. The highest BCUT2D eigenvalue weighted by Gasteiger charge is 2.21. The Morgan fingerprint density at radius 2 is 2.10 bits per heavy atom. The van der Waals surface area contributed by atoms with Crippen molar-refractivity contribution >= 4 is 11.7 Å². The molecule has 1 rings (SSSR count). The molecule has 3 nitrogen and oxygen atoms in total. The molecule has 0 amide bonds. The molecule has 10 heavy (non-hydrogen) atoms. The van der Waals surface area contributed by atoms with E-state index in [1.807, 2.05) is 6.92 Å². The number of nitrogens with two attached hydrogens (primary N) is 1. The molecule has 0 saturated heterocycles. The Morgan fingerprint density at radius 1 is 1.50 bits per heavy atom. The minimum absolute atomic E-state index is 0.0457. The first kappa shape index (κ1) is 7.25. The average molecular weight is 139 g/mol. The molecule has 0 unspecified atom stereocenters. The summed E-state index contributed by atoms with van der Waals surface area (Å²) in [4.78, 5) is 8.19. The predicted octanol–water partition coefficient (Wildman–Crippen LogP) is 0.944. The average Bonchev–Trinajstić information content (AvgIpc) is 1.54. The Balaban J connectivity index is 2.88. The molecule has 0 radical (unpaired) electrons. The molecule has 3 heteroatoms. The van der Waals surface area contributed by atoms with Crippen LogP contribution in [0.25, 0.3) is 0 Å². The first-order chi connectivity index (χ1) is 4.49. The van der Waals surface area contributed by atoms with Gasteiger partial charge in [0.05, 0.1) is 5.54 Å². The largest absolute Gasteiger partial charge is 0.368 e. The zero-order chi connectivity index (χ0) is 7.78. The van der Waals surface area contributed by atoms with Crippen LogP contribution in [-0.2, 0) is 0 Å². The molecule has 0 aromatic rings. The zero-order valence-electron chi connectivity index (χ0n) is 6.68. The Bertz CT molecular complexity index is 201. The van der Waals surface area contributed by atoms with Gasteiger partial charge in [0.2, 0.25) is 5.96 Å². The molecule has 1 aliphatic rings. The third kappa shape index (κ3) is 1.56. The Hall–Kier alpha value is -0.860. The Morgan fingerprint density at radius 3 is 2.50 bits per heavy atom. The molecule has 56 valence electrons. The van der Waals surface area contributed by atoms with Gasteiger partial charge in [-0.25, -0.2) is 9.98 Å². The third-order valence-electron chi connectivity index (χ3n) is 1.41. The summed E-state index contributed by atoms with van der Waals surface area (Å²) >= 11 is 0. The van der Waals surface area contributed by atoms with E-state index in [9.17, 15) is 0 Å². The predicted molar refractivity (Wildman–Crippen MR) is 43.4 cm³/mol. The first-order valence-corrected chi connectivity index (χ1v) is 3.39. The van der Waals surface area contributed by atoms with Gasteiger partial charge in [0.1, 0.15) is 0 Å². The zero-order valence-corrected chi connectivity index (χ0v) is 6.68. The minimum Gasteiger partial charge on any atom is -0.368 e. The maximum absolute atomic E-state index is 5.46. The van der Waals surface area contributed by atoms with Gasteiger partial charge in [0.25, 0.3) is 0 Å². The summed E-state index contributed by atoms with van der Waals surface area (Å²) in [6.07, 6.45) is 0.910. The van der Waals surface area contributed by atoms with Crippen molar-refractivity contribution in [3.8, 4) is 0 Å². The SMILES string of the molecule is CC1=NC(N)=NC(C)(C)C1. The van der Waals surface area contributed by atoms with Crippen LogP contribution >= 0.6 is 0 Å². The van der Waals surface area contributed by atoms with Gasteiger partial charge < -0.3 is 5.73 Å². The van der Waals surface area contributed by atoms with Crippen molar-refractivity contribution in [1.29, 1.82) is 0 Å². The molecule has 2 N–H and O–H groups in total. The van der Waals surface area contributed by atoms with Crippen LogP contribution in [-0.4, -0.2) is 17.2 Å². The van der Waals surface area contributed by atoms with E-state index in [-0.39, 0.29) is 5.54 Å². The molecule has 0 aliphatic carbocycles. The lowest BCUT2D eigenvalue weighted by Crippen LogP contribution is -2.30. The molecule has 0 fully saturated rings. The summed E-state index contributed by atoms with van der Waals surface area (Å²) in [5, 5.41) is 0. The molecule has 1 aliphatic heterocycles. The third-order valence-corrected chi connectivity index (χ3v) is 1.41. The quantitative estimate of drug-likeness (QED) is 0.533. The molecule has 0 saturated carbocycles. The van der Waals surface area contributed by atoms with Gasteiger partial charge in [-0.05, 0) is 20.8 Å². The fourth-order valence-corrected chi connectivity index (χ4v) is 1.24. The summed E-state index contributed by atoms with van der Waals surface area (Å²) in [5.74, 6) is 0.411. The van der Waals surface area contributed by atoms with Gasteiger partial charge in [-0.2, -0.15) is 0 Å². The van der Waals surface area contributed by atoms with Crippen molar-refractivity contribution in [2.75, 3.05) is 0 Å². The second-order valence-corrected chi connectivity index (χ2v) is 3.31. The molecule has 1 heterocycles. The molecular formula is C7H13N3. The normalized spacial score (nSPS) is 23.5. The van der Waals surface area contributed by atoms with E-state index in [1.54, 1.807) is 0 Å². The van der Waals surface area contributed by atoms with Crippen LogP contribution in [0, 0.1) is 0 Å². The van der Waals surface area contributed by atoms with Crippen molar-refractivity contribution in [1.82, 2.24) is 0 Å². The number of hydrogen-bond acceptors (Lipinski definition) is 3. The molecule has 0 spiro atoms. The van der Waals surface area contributed by atoms with E-state index in [1.165, 1.54) is 0 Å². The highest BCUT2D eigenvalue weighted by molar-refractivity contribution is 5.97. The van der Waals surface area contributed by atoms with Crippen LogP contribution in [0.1, 0.15) is 27.2 Å². The van der Waals surface area contributed by atoms with Crippen LogP contribution in [0.5, 0.6) is 0 Å². The summed E-state index contributed by atoms with van der Waals surface area (Å²) in [7, 11) is 0. The molecule has 0 atom stereocenters. The summed E-state index contributed by atoms with van der Waals surface area (Å²) in [5.41, 5.74) is 6.48. The lowest BCUT2D eigenvalue weighted by Gasteiger charge is -2.22. The van der Waals surface area contributed by atoms with Crippen LogP contribution in [0.15, 0.2) is 9.98 Å². The second kappa shape index (κ2) is 2.08. The highest BCUT2D eigenvalue weighted by atomic mass is 15.1. The minimum atomic E-state index is -0.0457. The van der Waals surface area contributed by atoms with Crippen LogP contribution in [0.3, 0.4) is 0 Å². The number of aliphatic imine (C=N–C) groups is 2. The van der Waals surface area contributed by atoms with Crippen molar-refractivity contribution in [3.05, 3.63) is 0 Å². The van der Waals surface area contributed by atoms with Gasteiger partial charge in [-0.3, -0.25) is 0 Å². The number of nitrogens with zero attached hydrogens (tertiary/aromatic N) is 2. The topological polar surface area (TPSA) is 50.7 Å². The van der Waals surface area contributed by atoms with Crippen LogP contribution in [0.4, 0.5) is 0 Å². The maximum atomic E-state index is 5.46. The Labute approximate surface area is 61.1 Å². The van der Waals surface area contributed by atoms with Gasteiger partial charge >= 0.3 is 0 Å². The van der Waals surface area contributed by atoms with E-state index < -0.39 is 0 Å². The summed E-state index contributed by atoms with van der Waals surface area (Å²) in [6.45, 7) is 6.08. The number of rotatable bonds is 0. The van der Waals surface area contributed by atoms with Crippen molar-refractivity contribution in [2.45, 2.75) is 32.7 Å². The van der Waals surface area contributed by atoms with Crippen LogP contribution < -0.4 is 5.73 Å². The van der Waals surface area contributed by atoms with E-state index in [2.05, 4.69) is 23.8 Å². The first-order valence-electron chi connectivity index (χ1n) is 3.39. The molecular weight excluding hydrogens is 126 g/mol. The van der Waals surface area contributed by atoms with Gasteiger partial charge in [0, 0.05) is 12.1 Å². The monoisotopic (exact) mass is 139 g/mol. The fraction of sp³-hybridized carbons (Fsp3) is 0.714. The van der Waals surface area contributed by atoms with Crippen molar-refractivity contribution in [3.63, 3.8) is 0 Å². The lowest BCUT2D eigenvalue weighted by atomic mass is 9.98. The van der Waals surface area contributed by atoms with E-state index >= 15 is 0 Å². The van der Waals surface area contributed by atoms with Gasteiger partial charge in [-0.1, -0.05) is 0 Å². The second-order valence-electron chi connectivity index (χ2n) is 3.31. The highest BCUT2D eigenvalue weighted by Crippen LogP contribution is 2.18. The van der Waals surface area contributed by atoms with Crippen molar-refractivity contribution in [2.24, 2.45) is 15.7 Å². The smallest absolute Gasteiger partial charge is 0.215 e. The van der Waals surface area contributed by atoms with E-state index in [0.29, 0.717) is 5.96 Å². The molecule has 0 bridgehead atoms. The number of guanidine groups is 1. The van der Waals surface area contributed by atoms with Crippen LogP contribution in [0.2, 0.25) is 0 Å². The fourth-order valence-electron chi connectivity index (χ4n) is 1.24. The summed E-state index contributed by atoms with van der Waals surface area (Å²) < 4.78 is 0. The standard InChI is InChI=1S/C7H13N3/c1-5-4-7(2,3)10-6(8)9-5/h4H2,1-3H3,(H2,8,10). The van der Waals surface area contributed by atoms with Gasteiger partial charge in [0.15, 0.2) is 0 Å². The Kier molecular flexibility index (Phi) is 1.50.